The normalized spacial score (nSPS) is 11.4. The largest absolute Gasteiger partial charge is 0.460 e. The molecule has 0 rings (SSSR count). The van der Waals surface area contributed by atoms with E-state index < -0.39 is 5.97 Å². The van der Waals surface area contributed by atoms with Crippen molar-refractivity contribution in [2.24, 2.45) is 0 Å². The lowest BCUT2D eigenvalue weighted by Crippen LogP contribution is -2.15. The van der Waals surface area contributed by atoms with Crippen LogP contribution in [0.1, 0.15) is 20.8 Å². The molecule has 0 aliphatic rings. The molecule has 0 spiro atoms. The van der Waals surface area contributed by atoms with Crippen LogP contribution in [-0.2, 0) is 56.9 Å². The van der Waals surface area contributed by atoms with Crippen LogP contribution in [0.15, 0.2) is 12.2 Å². The van der Waals surface area contributed by atoms with Gasteiger partial charge >= 0.3 is 5.97 Å². The van der Waals surface area contributed by atoms with E-state index >= 15 is 0 Å². The molecule has 0 heterocycles. The summed E-state index contributed by atoms with van der Waals surface area (Å²) in [4.78, 5) is 11.2. The number of ether oxygens (including phenoxy) is 11. The molecular weight excluding hydrogens is 516 g/mol. The smallest absolute Gasteiger partial charge is 0.333 e. The minimum Gasteiger partial charge on any atom is -0.460 e. The third-order valence-corrected chi connectivity index (χ3v) is 4.46. The molecule has 0 bridgehead atoms. The number of carbonyl (C=O) groups is 1. The number of rotatable bonds is 32. The highest BCUT2D eigenvalue weighted by Gasteiger charge is 2.02. The molecule has 0 saturated heterocycles. The molecule has 0 radical (unpaired) electrons. The van der Waals surface area contributed by atoms with Crippen LogP contribution >= 0.6 is 0 Å². The van der Waals surface area contributed by atoms with E-state index in [9.17, 15) is 4.79 Å². The van der Waals surface area contributed by atoms with Crippen LogP contribution < -0.4 is 0 Å². The fourth-order valence-corrected chi connectivity index (χ4v) is 2.52. The molecule has 12 heteroatoms. The van der Waals surface area contributed by atoms with E-state index in [1.807, 2.05) is 13.8 Å². The highest BCUT2D eigenvalue weighted by atomic mass is 16.6. The van der Waals surface area contributed by atoms with Gasteiger partial charge in [-0.15, -0.1) is 0 Å². The summed E-state index contributed by atoms with van der Waals surface area (Å²) in [6.45, 7) is 18.8. The zero-order chi connectivity index (χ0) is 28.7. The predicted molar refractivity (Wildman–Crippen MR) is 144 cm³/mol. The van der Waals surface area contributed by atoms with Gasteiger partial charge in [-0.1, -0.05) is 6.58 Å². The second-order valence-electron chi connectivity index (χ2n) is 8.35. The van der Waals surface area contributed by atoms with Crippen LogP contribution in [0, 0.1) is 0 Å². The molecule has 0 N–H and O–H groups in total. The Morgan fingerprint density at radius 3 is 0.923 bits per heavy atom. The molecule has 0 amide bonds. The molecule has 0 saturated carbocycles. The average molecular weight is 569 g/mol. The molecule has 0 aliphatic carbocycles. The third-order valence-electron chi connectivity index (χ3n) is 4.46. The summed E-state index contributed by atoms with van der Waals surface area (Å²) in [6, 6.07) is 0. The summed E-state index contributed by atoms with van der Waals surface area (Å²) in [6.07, 6.45) is 0.229. The number of hydrogen-bond donors (Lipinski definition) is 0. The molecular formula is C27H52O12. The molecule has 0 fully saturated rings. The van der Waals surface area contributed by atoms with Gasteiger partial charge in [0.2, 0.25) is 0 Å². The lowest BCUT2D eigenvalue weighted by molar-refractivity contribution is -0.140. The maximum absolute atomic E-state index is 11.2. The van der Waals surface area contributed by atoms with Gasteiger partial charge in [-0.3, -0.25) is 0 Å². The van der Waals surface area contributed by atoms with Gasteiger partial charge < -0.3 is 52.1 Å². The fraction of sp³-hybridized carbons (Fsp3) is 0.889. The molecule has 0 unspecified atom stereocenters. The van der Waals surface area contributed by atoms with Crippen LogP contribution in [0.3, 0.4) is 0 Å². The summed E-state index contributed by atoms with van der Waals surface area (Å²) in [5, 5.41) is 0. The van der Waals surface area contributed by atoms with Gasteiger partial charge in [-0.25, -0.2) is 4.79 Å². The van der Waals surface area contributed by atoms with Gasteiger partial charge in [-0.2, -0.15) is 0 Å². The summed E-state index contributed by atoms with van der Waals surface area (Å²) in [5.41, 5.74) is 0.372. The van der Waals surface area contributed by atoms with Crippen molar-refractivity contribution in [3.05, 3.63) is 12.2 Å². The topological polar surface area (TPSA) is 119 Å². The molecule has 0 atom stereocenters. The Morgan fingerprint density at radius 1 is 0.462 bits per heavy atom. The molecule has 12 nitrogen and oxygen atoms in total. The van der Waals surface area contributed by atoms with Crippen molar-refractivity contribution < 1.29 is 56.9 Å². The first-order valence-corrected chi connectivity index (χ1v) is 13.7. The van der Waals surface area contributed by atoms with E-state index in [0.29, 0.717) is 131 Å². The van der Waals surface area contributed by atoms with E-state index in [4.69, 9.17) is 52.1 Å². The minimum atomic E-state index is -0.411. The van der Waals surface area contributed by atoms with Crippen molar-refractivity contribution in [2.45, 2.75) is 26.9 Å². The van der Waals surface area contributed by atoms with E-state index in [2.05, 4.69) is 6.58 Å². The standard InChI is InChI=1S/C27H52O12/c1-25(2)27(28)39-24-22-37-20-18-35-16-14-33-12-10-31-8-6-29-5-7-30-9-11-32-13-15-34-17-19-36-21-23-38-26(3)4/h26H,1,5-24H2,2-4H3. The van der Waals surface area contributed by atoms with Crippen molar-refractivity contribution in [3.63, 3.8) is 0 Å². The highest BCUT2D eigenvalue weighted by molar-refractivity contribution is 5.86. The lowest BCUT2D eigenvalue weighted by atomic mass is 10.4. The monoisotopic (exact) mass is 568 g/mol. The van der Waals surface area contributed by atoms with Crippen molar-refractivity contribution in [2.75, 3.05) is 132 Å². The summed E-state index contributed by atoms with van der Waals surface area (Å²) < 4.78 is 59.0. The Morgan fingerprint density at radius 2 is 0.692 bits per heavy atom. The Hall–Kier alpha value is -1.19. The van der Waals surface area contributed by atoms with Crippen LogP contribution in [0.25, 0.3) is 0 Å². The quantitative estimate of drug-likeness (QED) is 0.0667. The average Bonchev–Trinajstić information content (AvgIpc) is 2.91. The molecule has 0 aromatic heterocycles. The summed E-state index contributed by atoms with van der Waals surface area (Å²) in [5.74, 6) is -0.411. The first-order chi connectivity index (χ1) is 19.0. The molecule has 232 valence electrons. The Balaban J connectivity index is 3.07. The van der Waals surface area contributed by atoms with E-state index in [0.717, 1.165) is 0 Å². The minimum absolute atomic E-state index is 0.202. The van der Waals surface area contributed by atoms with Crippen LogP contribution in [0.2, 0.25) is 0 Å². The highest BCUT2D eigenvalue weighted by Crippen LogP contribution is 1.92. The van der Waals surface area contributed by atoms with E-state index in [1.54, 1.807) is 6.92 Å². The number of esters is 1. The molecule has 0 aromatic carbocycles. The van der Waals surface area contributed by atoms with E-state index in [1.165, 1.54) is 0 Å². The SMILES string of the molecule is C=C(C)C(=O)OCCOCCOCCOCCOCCOCCOCCOCCOCCOCCOC(C)C. The van der Waals surface area contributed by atoms with Crippen molar-refractivity contribution in [1.29, 1.82) is 0 Å². The summed E-state index contributed by atoms with van der Waals surface area (Å²) >= 11 is 0. The van der Waals surface area contributed by atoms with Crippen molar-refractivity contribution >= 4 is 5.97 Å². The van der Waals surface area contributed by atoms with E-state index in [-0.39, 0.29) is 12.7 Å². The zero-order valence-electron chi connectivity index (χ0n) is 24.3. The number of carbonyl (C=O) groups excluding carboxylic acids is 1. The van der Waals surface area contributed by atoms with Gasteiger partial charge in [0.1, 0.15) is 6.61 Å². The van der Waals surface area contributed by atoms with Gasteiger partial charge in [0.15, 0.2) is 0 Å². The fourth-order valence-electron chi connectivity index (χ4n) is 2.52. The maximum Gasteiger partial charge on any atom is 0.333 e. The first kappa shape index (κ1) is 37.8. The number of hydrogen-bond acceptors (Lipinski definition) is 12. The maximum atomic E-state index is 11.2. The van der Waals surface area contributed by atoms with Gasteiger partial charge in [-0.05, 0) is 20.8 Å². The Bertz CT molecular complexity index is 533. The van der Waals surface area contributed by atoms with Crippen molar-refractivity contribution in [3.8, 4) is 0 Å². The predicted octanol–water partition coefficient (Wildman–Crippen LogP) is 1.68. The van der Waals surface area contributed by atoms with Crippen LogP contribution in [0.4, 0.5) is 0 Å². The first-order valence-electron chi connectivity index (χ1n) is 13.7. The van der Waals surface area contributed by atoms with Crippen LogP contribution in [0.5, 0.6) is 0 Å². The second-order valence-corrected chi connectivity index (χ2v) is 8.35. The van der Waals surface area contributed by atoms with Gasteiger partial charge in [0.05, 0.1) is 132 Å². The molecule has 0 aromatic rings. The molecule has 39 heavy (non-hydrogen) atoms. The lowest BCUT2D eigenvalue weighted by Gasteiger charge is -2.09. The third kappa shape index (κ3) is 32.9. The Labute approximate surface area is 234 Å². The van der Waals surface area contributed by atoms with Gasteiger partial charge in [0, 0.05) is 5.57 Å². The van der Waals surface area contributed by atoms with Gasteiger partial charge in [0.25, 0.3) is 0 Å². The second kappa shape index (κ2) is 31.3. The zero-order valence-corrected chi connectivity index (χ0v) is 24.3. The summed E-state index contributed by atoms with van der Waals surface area (Å²) in [7, 11) is 0. The van der Waals surface area contributed by atoms with Crippen molar-refractivity contribution in [1.82, 2.24) is 0 Å². The van der Waals surface area contributed by atoms with Crippen LogP contribution in [-0.4, -0.2) is 144 Å². The molecule has 0 aliphatic heterocycles. The Kier molecular flexibility index (Phi) is 30.4.